The third kappa shape index (κ3) is 2.46. The molecule has 0 radical (unpaired) electrons. The smallest absolute Gasteiger partial charge is 0.145 e. The topological polar surface area (TPSA) is 56.3 Å². The minimum Gasteiger partial charge on any atom is -0.382 e. The van der Waals surface area contributed by atoms with Crippen molar-refractivity contribution in [3.8, 4) is 0 Å². The highest BCUT2D eigenvalue weighted by Gasteiger charge is 2.09. The van der Waals surface area contributed by atoms with Crippen molar-refractivity contribution >= 4 is 5.82 Å². The maximum absolute atomic E-state index is 5.52. The van der Waals surface area contributed by atoms with Crippen LogP contribution in [0.5, 0.6) is 0 Å². The fourth-order valence-corrected chi connectivity index (χ4v) is 1.57. The highest BCUT2D eigenvalue weighted by atomic mass is 16.5. The number of rotatable bonds is 3. The fraction of sp³-hybridized carbons (Fsp3) is 0.667. The summed E-state index contributed by atoms with van der Waals surface area (Å²) in [6, 6.07) is 1.82. The zero-order valence-electron chi connectivity index (χ0n) is 8.22. The van der Waals surface area contributed by atoms with E-state index < -0.39 is 0 Å². The zero-order valence-corrected chi connectivity index (χ0v) is 8.22. The second-order valence-corrected chi connectivity index (χ2v) is 3.46. The Hall–Kier alpha value is -1.07. The molecule has 0 bridgehead atoms. The van der Waals surface area contributed by atoms with Gasteiger partial charge in [0.15, 0.2) is 0 Å². The molecular formula is C9H16N4O. The summed E-state index contributed by atoms with van der Waals surface area (Å²) >= 11 is 0. The molecule has 1 aliphatic rings. The van der Waals surface area contributed by atoms with Gasteiger partial charge >= 0.3 is 0 Å². The number of morpholine rings is 1. The van der Waals surface area contributed by atoms with Crippen molar-refractivity contribution in [3.63, 3.8) is 0 Å². The highest BCUT2D eigenvalue weighted by molar-refractivity contribution is 5.23. The van der Waals surface area contributed by atoms with Crippen LogP contribution in [-0.2, 0) is 11.3 Å². The summed E-state index contributed by atoms with van der Waals surface area (Å²) in [6.07, 6.45) is 1.91. The zero-order chi connectivity index (χ0) is 9.80. The summed E-state index contributed by atoms with van der Waals surface area (Å²) in [4.78, 5) is 2.38. The lowest BCUT2D eigenvalue weighted by molar-refractivity contribution is 0.0360. The van der Waals surface area contributed by atoms with E-state index in [-0.39, 0.29) is 0 Å². The van der Waals surface area contributed by atoms with Gasteiger partial charge in [-0.1, -0.05) is 0 Å². The van der Waals surface area contributed by atoms with Crippen molar-refractivity contribution in [2.45, 2.75) is 6.54 Å². The molecular weight excluding hydrogens is 180 g/mol. The molecule has 2 heterocycles. The number of nitrogen functional groups attached to an aromatic ring is 1. The Morgan fingerprint density at radius 3 is 2.79 bits per heavy atom. The third-order valence-corrected chi connectivity index (χ3v) is 2.41. The van der Waals surface area contributed by atoms with Crippen molar-refractivity contribution in [1.29, 1.82) is 0 Å². The first-order valence-corrected chi connectivity index (χ1v) is 4.93. The van der Waals surface area contributed by atoms with Crippen LogP contribution >= 0.6 is 0 Å². The Balaban J connectivity index is 1.76. The predicted molar refractivity (Wildman–Crippen MR) is 53.9 cm³/mol. The second-order valence-electron chi connectivity index (χ2n) is 3.46. The van der Waals surface area contributed by atoms with E-state index in [9.17, 15) is 0 Å². The largest absolute Gasteiger partial charge is 0.382 e. The summed E-state index contributed by atoms with van der Waals surface area (Å²) in [7, 11) is 0. The molecule has 0 saturated carbocycles. The minimum absolute atomic E-state index is 0.590. The van der Waals surface area contributed by atoms with Crippen LogP contribution in [-0.4, -0.2) is 47.5 Å². The molecule has 1 aromatic heterocycles. The number of anilines is 1. The van der Waals surface area contributed by atoms with Crippen LogP contribution in [0.4, 0.5) is 5.82 Å². The summed E-state index contributed by atoms with van der Waals surface area (Å²) in [5, 5.41) is 4.13. The lowest BCUT2D eigenvalue weighted by Crippen LogP contribution is -2.38. The van der Waals surface area contributed by atoms with Gasteiger partial charge in [-0.2, -0.15) is 5.10 Å². The minimum atomic E-state index is 0.590. The van der Waals surface area contributed by atoms with E-state index in [0.717, 1.165) is 39.4 Å². The normalized spacial score (nSPS) is 18.6. The average Bonchev–Trinajstić information content (AvgIpc) is 2.63. The molecule has 0 amide bonds. The number of aromatic nitrogens is 2. The van der Waals surface area contributed by atoms with Gasteiger partial charge in [0, 0.05) is 25.8 Å². The van der Waals surface area contributed by atoms with Gasteiger partial charge in [-0.25, -0.2) is 0 Å². The molecule has 14 heavy (non-hydrogen) atoms. The Kier molecular flexibility index (Phi) is 3.00. The van der Waals surface area contributed by atoms with Gasteiger partial charge in [0.25, 0.3) is 0 Å². The average molecular weight is 196 g/mol. The van der Waals surface area contributed by atoms with E-state index >= 15 is 0 Å². The van der Waals surface area contributed by atoms with Crippen molar-refractivity contribution < 1.29 is 4.74 Å². The molecule has 2 N–H and O–H groups in total. The molecule has 0 aromatic carbocycles. The molecule has 1 fully saturated rings. The number of hydrogen-bond donors (Lipinski definition) is 1. The molecule has 0 atom stereocenters. The molecule has 5 heteroatoms. The van der Waals surface area contributed by atoms with Gasteiger partial charge in [0.2, 0.25) is 0 Å². The lowest BCUT2D eigenvalue weighted by atomic mass is 10.4. The Labute approximate surface area is 83.4 Å². The predicted octanol–water partition coefficient (Wildman–Crippen LogP) is -0.203. The monoisotopic (exact) mass is 196 g/mol. The molecule has 0 unspecified atom stereocenters. The molecule has 5 nitrogen and oxygen atoms in total. The van der Waals surface area contributed by atoms with Crippen LogP contribution in [0, 0.1) is 0 Å². The van der Waals surface area contributed by atoms with Crippen LogP contribution in [0.2, 0.25) is 0 Å². The standard InChI is InChI=1S/C9H16N4O/c10-9-1-2-13(11-9)4-3-12-5-7-14-8-6-12/h1-2H,3-8H2,(H2,10,11). The van der Waals surface area contributed by atoms with E-state index in [1.807, 2.05) is 16.9 Å². The highest BCUT2D eigenvalue weighted by Crippen LogP contribution is 1.99. The van der Waals surface area contributed by atoms with E-state index in [0.29, 0.717) is 5.82 Å². The van der Waals surface area contributed by atoms with Gasteiger partial charge in [-0.05, 0) is 6.07 Å². The molecule has 1 saturated heterocycles. The number of ether oxygens (including phenoxy) is 1. The first-order valence-electron chi connectivity index (χ1n) is 4.93. The van der Waals surface area contributed by atoms with E-state index in [1.54, 1.807) is 0 Å². The van der Waals surface area contributed by atoms with Crippen LogP contribution in [0.3, 0.4) is 0 Å². The Morgan fingerprint density at radius 1 is 1.36 bits per heavy atom. The molecule has 0 spiro atoms. The maximum Gasteiger partial charge on any atom is 0.145 e. The number of nitrogens with two attached hydrogens (primary N) is 1. The summed E-state index contributed by atoms with van der Waals surface area (Å²) in [6.45, 7) is 5.66. The van der Waals surface area contributed by atoms with Crippen molar-refractivity contribution in [2.24, 2.45) is 0 Å². The van der Waals surface area contributed by atoms with E-state index in [1.165, 1.54) is 0 Å². The van der Waals surface area contributed by atoms with Crippen molar-refractivity contribution in [3.05, 3.63) is 12.3 Å². The third-order valence-electron chi connectivity index (χ3n) is 2.41. The Morgan fingerprint density at radius 2 is 2.14 bits per heavy atom. The van der Waals surface area contributed by atoms with Gasteiger partial charge in [0.05, 0.1) is 19.8 Å². The number of hydrogen-bond acceptors (Lipinski definition) is 4. The number of nitrogens with zero attached hydrogens (tertiary/aromatic N) is 3. The van der Waals surface area contributed by atoms with E-state index in [4.69, 9.17) is 10.5 Å². The molecule has 1 aliphatic heterocycles. The van der Waals surface area contributed by atoms with Gasteiger partial charge in [0.1, 0.15) is 5.82 Å². The summed E-state index contributed by atoms with van der Waals surface area (Å²) in [5.41, 5.74) is 5.52. The molecule has 78 valence electrons. The first kappa shape index (κ1) is 9.48. The SMILES string of the molecule is Nc1ccn(CCN2CCOCC2)n1. The van der Waals surface area contributed by atoms with Crippen LogP contribution in [0.25, 0.3) is 0 Å². The van der Waals surface area contributed by atoms with Crippen LogP contribution in [0.1, 0.15) is 0 Å². The second kappa shape index (κ2) is 4.43. The van der Waals surface area contributed by atoms with Gasteiger partial charge in [-0.15, -0.1) is 0 Å². The molecule has 0 aliphatic carbocycles. The maximum atomic E-state index is 5.52. The molecule has 1 aromatic rings. The first-order chi connectivity index (χ1) is 6.84. The van der Waals surface area contributed by atoms with Crippen molar-refractivity contribution in [1.82, 2.24) is 14.7 Å². The van der Waals surface area contributed by atoms with E-state index in [2.05, 4.69) is 10.00 Å². The quantitative estimate of drug-likeness (QED) is 0.727. The fourth-order valence-electron chi connectivity index (χ4n) is 1.57. The van der Waals surface area contributed by atoms with Crippen molar-refractivity contribution in [2.75, 3.05) is 38.6 Å². The van der Waals surface area contributed by atoms with Crippen LogP contribution < -0.4 is 5.73 Å². The summed E-state index contributed by atoms with van der Waals surface area (Å²) < 4.78 is 7.15. The molecule has 2 rings (SSSR count). The van der Waals surface area contributed by atoms with Gasteiger partial charge < -0.3 is 10.5 Å². The lowest BCUT2D eigenvalue weighted by Gasteiger charge is -2.26. The van der Waals surface area contributed by atoms with Crippen LogP contribution in [0.15, 0.2) is 12.3 Å². The summed E-state index contributed by atoms with van der Waals surface area (Å²) in [5.74, 6) is 0.590. The van der Waals surface area contributed by atoms with Gasteiger partial charge in [-0.3, -0.25) is 9.58 Å². The Bertz CT molecular complexity index is 280.